The minimum Gasteiger partial charge on any atom is -0.444 e. The molecule has 1 aliphatic heterocycles. The Morgan fingerprint density at radius 2 is 2.11 bits per heavy atom. The molecule has 1 unspecified atom stereocenters. The van der Waals surface area contributed by atoms with Gasteiger partial charge in [-0.1, -0.05) is 22.0 Å². The number of benzene rings is 1. The molecule has 1 atom stereocenters. The lowest BCUT2D eigenvalue weighted by molar-refractivity contribution is 0.0187. The number of fused-ring (bicyclic) bond motifs is 1. The van der Waals surface area contributed by atoms with Gasteiger partial charge in [-0.3, -0.25) is 4.90 Å². The molecule has 0 aliphatic carbocycles. The van der Waals surface area contributed by atoms with Crippen LogP contribution in [0, 0.1) is 0 Å². The molecule has 1 aromatic carbocycles. The van der Waals surface area contributed by atoms with E-state index in [4.69, 9.17) is 4.74 Å². The van der Waals surface area contributed by atoms with Crippen molar-refractivity contribution in [2.24, 2.45) is 0 Å². The quantitative estimate of drug-likeness (QED) is 0.716. The zero-order chi connectivity index (χ0) is 13.5. The van der Waals surface area contributed by atoms with E-state index in [2.05, 4.69) is 28.1 Å². The van der Waals surface area contributed by atoms with E-state index in [9.17, 15) is 4.79 Å². The highest BCUT2D eigenvalue weighted by Gasteiger charge is 2.33. The number of carbonyl (C=O) groups is 1. The highest BCUT2D eigenvalue weighted by atomic mass is 79.9. The van der Waals surface area contributed by atoms with Crippen LogP contribution in [-0.2, 0) is 11.3 Å². The molecule has 98 valence electrons. The molecule has 0 aromatic heterocycles. The standard InChI is InChI=1S/C14H18BrNO2/c1-9-12-7-11(15)6-5-10(12)8-16(9)13(17)18-14(2,3)4/h5-7,9H,8H2,1-4H3. The van der Waals surface area contributed by atoms with Gasteiger partial charge in [-0.25, -0.2) is 4.79 Å². The zero-order valence-corrected chi connectivity index (χ0v) is 12.7. The molecule has 3 nitrogen and oxygen atoms in total. The SMILES string of the molecule is CC1c2cc(Br)ccc2CN1C(=O)OC(C)(C)C. The minimum absolute atomic E-state index is 0.0624. The summed E-state index contributed by atoms with van der Waals surface area (Å²) in [6.07, 6.45) is -0.248. The summed E-state index contributed by atoms with van der Waals surface area (Å²) in [4.78, 5) is 13.9. The first-order valence-corrected chi connectivity index (χ1v) is 6.85. The van der Waals surface area contributed by atoms with E-state index in [1.165, 1.54) is 11.1 Å². The van der Waals surface area contributed by atoms with Crippen LogP contribution >= 0.6 is 15.9 Å². The lowest BCUT2D eigenvalue weighted by Gasteiger charge is -2.27. The maximum absolute atomic E-state index is 12.1. The maximum Gasteiger partial charge on any atom is 0.411 e. The molecule has 1 heterocycles. The summed E-state index contributed by atoms with van der Waals surface area (Å²) < 4.78 is 6.47. The van der Waals surface area contributed by atoms with E-state index in [0.29, 0.717) is 6.54 Å². The van der Waals surface area contributed by atoms with Crippen LogP contribution in [0.5, 0.6) is 0 Å². The molecule has 1 amide bonds. The van der Waals surface area contributed by atoms with Crippen molar-refractivity contribution >= 4 is 22.0 Å². The summed E-state index contributed by atoms with van der Waals surface area (Å²) in [7, 11) is 0. The number of rotatable bonds is 0. The molecule has 1 aliphatic rings. The molecule has 2 rings (SSSR count). The van der Waals surface area contributed by atoms with Crippen LogP contribution in [-0.4, -0.2) is 16.6 Å². The van der Waals surface area contributed by atoms with Gasteiger partial charge in [-0.05, 0) is 51.0 Å². The molecule has 18 heavy (non-hydrogen) atoms. The highest BCUT2D eigenvalue weighted by Crippen LogP contribution is 2.35. The van der Waals surface area contributed by atoms with Crippen molar-refractivity contribution in [3.05, 3.63) is 33.8 Å². The van der Waals surface area contributed by atoms with Crippen LogP contribution in [0.2, 0.25) is 0 Å². The van der Waals surface area contributed by atoms with Gasteiger partial charge in [0, 0.05) is 11.0 Å². The van der Waals surface area contributed by atoms with Crippen molar-refractivity contribution in [3.63, 3.8) is 0 Å². The van der Waals surface area contributed by atoms with E-state index in [-0.39, 0.29) is 12.1 Å². The van der Waals surface area contributed by atoms with Crippen LogP contribution in [0.15, 0.2) is 22.7 Å². The molecule has 0 spiro atoms. The Morgan fingerprint density at radius 3 is 2.72 bits per heavy atom. The van der Waals surface area contributed by atoms with E-state index in [0.717, 1.165) is 4.47 Å². The van der Waals surface area contributed by atoms with Gasteiger partial charge in [0.05, 0.1) is 6.04 Å². The molecule has 0 radical (unpaired) electrons. The predicted octanol–water partition coefficient (Wildman–Crippen LogP) is 4.26. The molecule has 4 heteroatoms. The van der Waals surface area contributed by atoms with Crippen LogP contribution in [0.25, 0.3) is 0 Å². The summed E-state index contributed by atoms with van der Waals surface area (Å²) in [6, 6.07) is 6.20. The third kappa shape index (κ3) is 2.69. The fourth-order valence-corrected chi connectivity index (χ4v) is 2.51. The van der Waals surface area contributed by atoms with Crippen molar-refractivity contribution in [2.75, 3.05) is 0 Å². The Hall–Kier alpha value is -1.03. The van der Waals surface area contributed by atoms with E-state index >= 15 is 0 Å². The van der Waals surface area contributed by atoms with Gasteiger partial charge in [-0.15, -0.1) is 0 Å². The Morgan fingerprint density at radius 1 is 1.44 bits per heavy atom. The van der Waals surface area contributed by atoms with E-state index in [1.54, 1.807) is 4.90 Å². The number of carbonyl (C=O) groups excluding carboxylic acids is 1. The summed E-state index contributed by atoms with van der Waals surface area (Å²) in [5.74, 6) is 0. The number of hydrogen-bond acceptors (Lipinski definition) is 2. The third-order valence-electron chi connectivity index (χ3n) is 2.99. The smallest absolute Gasteiger partial charge is 0.411 e. The second-order valence-electron chi connectivity index (χ2n) is 5.63. The maximum atomic E-state index is 12.1. The fourth-order valence-electron chi connectivity index (χ4n) is 2.13. The second-order valence-corrected chi connectivity index (χ2v) is 6.54. The van der Waals surface area contributed by atoms with Gasteiger partial charge in [-0.2, -0.15) is 0 Å². The van der Waals surface area contributed by atoms with Gasteiger partial charge in [0.15, 0.2) is 0 Å². The first-order chi connectivity index (χ1) is 8.28. The Bertz CT molecular complexity index is 479. The molecular formula is C14H18BrNO2. The second kappa shape index (κ2) is 4.57. The Kier molecular flexibility index (Phi) is 3.41. The number of nitrogens with zero attached hydrogens (tertiary/aromatic N) is 1. The molecule has 0 saturated carbocycles. The molecule has 0 saturated heterocycles. The minimum atomic E-state index is -0.452. The summed E-state index contributed by atoms with van der Waals surface area (Å²) in [5.41, 5.74) is 1.93. The first-order valence-electron chi connectivity index (χ1n) is 6.06. The zero-order valence-electron chi connectivity index (χ0n) is 11.2. The van der Waals surface area contributed by atoms with Crippen LogP contribution in [0.3, 0.4) is 0 Å². The topological polar surface area (TPSA) is 29.5 Å². The predicted molar refractivity (Wildman–Crippen MR) is 74.3 cm³/mol. The molecule has 0 fully saturated rings. The largest absolute Gasteiger partial charge is 0.444 e. The van der Waals surface area contributed by atoms with Gasteiger partial charge in [0.25, 0.3) is 0 Å². The van der Waals surface area contributed by atoms with Crippen molar-refractivity contribution in [3.8, 4) is 0 Å². The molecular weight excluding hydrogens is 294 g/mol. The Labute approximate surface area is 116 Å². The first kappa shape index (κ1) is 13.4. The van der Waals surface area contributed by atoms with Crippen LogP contribution in [0.1, 0.15) is 44.9 Å². The fraction of sp³-hybridized carbons (Fsp3) is 0.500. The third-order valence-corrected chi connectivity index (χ3v) is 3.49. The molecule has 0 bridgehead atoms. The van der Waals surface area contributed by atoms with Crippen molar-refractivity contribution in [1.82, 2.24) is 4.90 Å². The number of ether oxygens (including phenoxy) is 1. The number of amides is 1. The van der Waals surface area contributed by atoms with Crippen LogP contribution < -0.4 is 0 Å². The summed E-state index contributed by atoms with van der Waals surface area (Å²) in [5, 5.41) is 0. The van der Waals surface area contributed by atoms with Crippen molar-refractivity contribution in [2.45, 2.75) is 45.9 Å². The molecule has 1 aromatic rings. The van der Waals surface area contributed by atoms with Crippen LogP contribution in [0.4, 0.5) is 4.79 Å². The molecule has 0 N–H and O–H groups in total. The van der Waals surface area contributed by atoms with Gasteiger partial charge in [0.2, 0.25) is 0 Å². The van der Waals surface area contributed by atoms with E-state index in [1.807, 2.05) is 33.8 Å². The highest BCUT2D eigenvalue weighted by molar-refractivity contribution is 9.10. The summed E-state index contributed by atoms with van der Waals surface area (Å²) >= 11 is 3.46. The van der Waals surface area contributed by atoms with Gasteiger partial charge in [0.1, 0.15) is 5.60 Å². The summed E-state index contributed by atoms with van der Waals surface area (Å²) in [6.45, 7) is 8.31. The van der Waals surface area contributed by atoms with Gasteiger partial charge >= 0.3 is 6.09 Å². The lowest BCUT2D eigenvalue weighted by atomic mass is 10.1. The average molecular weight is 312 g/mol. The normalized spacial score (nSPS) is 18.7. The van der Waals surface area contributed by atoms with Crippen molar-refractivity contribution < 1.29 is 9.53 Å². The van der Waals surface area contributed by atoms with Crippen molar-refractivity contribution in [1.29, 1.82) is 0 Å². The number of hydrogen-bond donors (Lipinski definition) is 0. The lowest BCUT2D eigenvalue weighted by Crippen LogP contribution is -2.34. The number of halogens is 1. The Balaban J connectivity index is 2.19. The average Bonchev–Trinajstić information content (AvgIpc) is 2.54. The van der Waals surface area contributed by atoms with Gasteiger partial charge < -0.3 is 4.74 Å². The monoisotopic (exact) mass is 311 g/mol. The van der Waals surface area contributed by atoms with E-state index < -0.39 is 5.60 Å².